The maximum Gasteiger partial charge on any atom is 0.335 e. The number of ether oxygens (including phenoxy) is 2. The van der Waals surface area contributed by atoms with Gasteiger partial charge in [0.1, 0.15) is 5.75 Å². The van der Waals surface area contributed by atoms with Gasteiger partial charge >= 0.3 is 5.88 Å². The standard InChI is InChI=1S/C27H30N5O3/c1-33-23-11-7-6-10-22(23)30-12-14-31(15-13-30)27-25-20(17-28-29-27)18-32(35-3)24(34-2)16-19-8-4-5-9-21(19)26(25)32/h5-7,9-11,16-18H,4,8,12-15H2,1-3H3/q+1. The van der Waals surface area contributed by atoms with E-state index < -0.39 is 0 Å². The number of benzene rings is 1. The Morgan fingerprint density at radius 2 is 1.77 bits per heavy atom. The van der Waals surface area contributed by atoms with Gasteiger partial charge in [-0.25, -0.2) is 0 Å². The van der Waals surface area contributed by atoms with Gasteiger partial charge in [0.05, 0.1) is 43.7 Å². The van der Waals surface area contributed by atoms with Gasteiger partial charge in [-0.1, -0.05) is 28.9 Å². The molecule has 1 aromatic heterocycles. The van der Waals surface area contributed by atoms with Crippen LogP contribution in [0.25, 0.3) is 11.9 Å². The Balaban J connectivity index is 1.44. The monoisotopic (exact) mass is 472 g/mol. The first-order valence-electron chi connectivity index (χ1n) is 12.0. The summed E-state index contributed by atoms with van der Waals surface area (Å²) in [4.78, 5) is 10.9. The number of para-hydroxylation sites is 2. The number of piperazine rings is 1. The van der Waals surface area contributed by atoms with Crippen LogP contribution >= 0.6 is 0 Å². The lowest BCUT2D eigenvalue weighted by Gasteiger charge is -2.37. The minimum atomic E-state index is 0.0799. The molecule has 1 unspecified atom stereocenters. The van der Waals surface area contributed by atoms with Crippen LogP contribution in [0.1, 0.15) is 12.8 Å². The maximum absolute atomic E-state index is 6.17. The zero-order chi connectivity index (χ0) is 24.0. The Bertz CT molecular complexity index is 1390. The molecule has 4 heterocycles. The molecule has 8 nitrogen and oxygen atoms in total. The van der Waals surface area contributed by atoms with Crippen molar-refractivity contribution in [3.05, 3.63) is 76.2 Å². The van der Waals surface area contributed by atoms with Crippen molar-refractivity contribution >= 4 is 23.4 Å². The van der Waals surface area contributed by atoms with Gasteiger partial charge in [0.2, 0.25) is 0 Å². The lowest BCUT2D eigenvalue weighted by Crippen LogP contribution is -2.50. The summed E-state index contributed by atoms with van der Waals surface area (Å²) in [6.45, 7) is 3.40. The lowest BCUT2D eigenvalue weighted by atomic mass is 9.91. The van der Waals surface area contributed by atoms with Crippen LogP contribution in [0.4, 0.5) is 11.5 Å². The smallest absolute Gasteiger partial charge is 0.335 e. The van der Waals surface area contributed by atoms with Gasteiger partial charge in [0.15, 0.2) is 17.7 Å². The minimum absolute atomic E-state index is 0.0799. The van der Waals surface area contributed by atoms with Crippen molar-refractivity contribution < 1.29 is 19.0 Å². The average molecular weight is 473 g/mol. The summed E-state index contributed by atoms with van der Waals surface area (Å²) in [5, 5.41) is 11.1. The van der Waals surface area contributed by atoms with E-state index in [1.807, 2.05) is 18.3 Å². The van der Waals surface area contributed by atoms with Gasteiger partial charge in [-0.2, -0.15) is 9.94 Å². The number of allylic oxidation sites excluding steroid dienone is 3. The van der Waals surface area contributed by atoms with Crippen LogP contribution in [0.15, 0.2) is 65.7 Å². The van der Waals surface area contributed by atoms with Gasteiger partial charge in [0, 0.05) is 37.8 Å². The van der Waals surface area contributed by atoms with Crippen LogP contribution in [-0.4, -0.2) is 62.4 Å². The van der Waals surface area contributed by atoms with E-state index in [-0.39, 0.29) is 4.65 Å². The maximum atomic E-state index is 6.17. The van der Waals surface area contributed by atoms with E-state index in [1.54, 1.807) is 21.3 Å². The fourth-order valence-corrected chi connectivity index (χ4v) is 5.65. The van der Waals surface area contributed by atoms with Crippen molar-refractivity contribution in [1.29, 1.82) is 0 Å². The quantitative estimate of drug-likeness (QED) is 0.619. The number of rotatable bonds is 5. The summed E-state index contributed by atoms with van der Waals surface area (Å²) in [5.41, 5.74) is 4.65. The average Bonchev–Trinajstić information content (AvgIpc) is 3.29. The zero-order valence-electron chi connectivity index (χ0n) is 20.4. The molecule has 1 saturated heterocycles. The van der Waals surface area contributed by atoms with Gasteiger partial charge in [-0.15, -0.1) is 5.10 Å². The molecule has 1 aromatic carbocycles. The fourth-order valence-electron chi connectivity index (χ4n) is 5.65. The number of hydroxylamine groups is 3. The number of anilines is 2. The molecule has 6 rings (SSSR count). The second-order valence-corrected chi connectivity index (χ2v) is 9.03. The molecule has 3 aliphatic heterocycles. The van der Waals surface area contributed by atoms with Crippen molar-refractivity contribution in [2.24, 2.45) is 0 Å². The number of quaternary nitrogens is 1. The van der Waals surface area contributed by atoms with Crippen molar-refractivity contribution in [3.8, 4) is 5.75 Å². The molecule has 0 amide bonds. The number of hydrogen-bond acceptors (Lipinski definition) is 7. The first kappa shape index (κ1) is 21.9. The minimum Gasteiger partial charge on any atom is -0.495 e. The molecule has 0 saturated carbocycles. The highest BCUT2D eigenvalue weighted by atomic mass is 16.7. The Kier molecular flexibility index (Phi) is 5.35. The highest BCUT2D eigenvalue weighted by molar-refractivity contribution is 5.75. The molecule has 1 atom stereocenters. The van der Waals surface area contributed by atoms with E-state index in [9.17, 15) is 0 Å². The molecule has 35 heavy (non-hydrogen) atoms. The summed E-state index contributed by atoms with van der Waals surface area (Å²) in [6, 6.07) is 8.19. The second kappa shape index (κ2) is 8.55. The van der Waals surface area contributed by atoms with Crippen molar-refractivity contribution in [2.75, 3.05) is 57.3 Å². The van der Waals surface area contributed by atoms with E-state index in [0.717, 1.165) is 78.3 Å². The summed E-state index contributed by atoms with van der Waals surface area (Å²) < 4.78 is 11.5. The van der Waals surface area contributed by atoms with E-state index in [4.69, 9.17) is 14.3 Å². The summed E-state index contributed by atoms with van der Waals surface area (Å²) in [7, 11) is 5.15. The first-order valence-corrected chi connectivity index (χ1v) is 12.0. The lowest BCUT2D eigenvalue weighted by molar-refractivity contribution is -0.962. The third kappa shape index (κ3) is 3.28. The SMILES string of the molecule is COC1=CC2=C(C=CCC2)C2=c3c(N4CCN(c5ccccc5OC)CC4)nncc3=C[N+]12OC. The molecule has 0 spiro atoms. The Morgan fingerprint density at radius 3 is 2.54 bits per heavy atom. The van der Waals surface area contributed by atoms with Crippen LogP contribution in [-0.2, 0) is 9.57 Å². The predicted octanol–water partition coefficient (Wildman–Crippen LogP) is 2.20. The van der Waals surface area contributed by atoms with E-state index >= 15 is 0 Å². The topological polar surface area (TPSA) is 60.0 Å². The van der Waals surface area contributed by atoms with Crippen LogP contribution in [0.2, 0.25) is 0 Å². The van der Waals surface area contributed by atoms with Gasteiger partial charge in [0.25, 0.3) is 0 Å². The van der Waals surface area contributed by atoms with E-state index in [1.165, 1.54) is 11.1 Å². The molecular formula is C27H30N5O3+. The number of aromatic nitrogens is 2. The van der Waals surface area contributed by atoms with Crippen molar-refractivity contribution in [1.82, 2.24) is 10.2 Å². The van der Waals surface area contributed by atoms with Gasteiger partial charge in [-0.05, 0) is 30.5 Å². The molecule has 8 heteroatoms. The molecule has 0 bridgehead atoms. The van der Waals surface area contributed by atoms with Crippen LogP contribution in [0, 0.1) is 0 Å². The molecule has 2 aromatic rings. The predicted molar refractivity (Wildman–Crippen MR) is 134 cm³/mol. The summed E-state index contributed by atoms with van der Waals surface area (Å²) in [6.07, 6.45) is 12.5. The van der Waals surface area contributed by atoms with E-state index in [0.29, 0.717) is 0 Å². The van der Waals surface area contributed by atoms with Crippen LogP contribution < -0.4 is 25.0 Å². The molecular weight excluding hydrogens is 442 g/mol. The van der Waals surface area contributed by atoms with Crippen LogP contribution in [0.5, 0.6) is 5.75 Å². The number of nitrogens with zero attached hydrogens (tertiary/aromatic N) is 5. The Hall–Kier alpha value is -3.62. The molecule has 0 N–H and O–H groups in total. The molecule has 0 radical (unpaired) electrons. The van der Waals surface area contributed by atoms with Crippen LogP contribution in [0.3, 0.4) is 0 Å². The van der Waals surface area contributed by atoms with Crippen molar-refractivity contribution in [3.63, 3.8) is 0 Å². The second-order valence-electron chi connectivity index (χ2n) is 9.03. The normalized spacial score (nSPS) is 22.8. The molecule has 4 aliphatic rings. The number of methoxy groups -OCH3 is 2. The molecule has 180 valence electrons. The highest BCUT2D eigenvalue weighted by Gasteiger charge is 2.49. The summed E-state index contributed by atoms with van der Waals surface area (Å²) >= 11 is 0. The highest BCUT2D eigenvalue weighted by Crippen LogP contribution is 2.44. The van der Waals surface area contributed by atoms with E-state index in [2.05, 4.69) is 56.6 Å². The third-order valence-corrected chi connectivity index (χ3v) is 7.34. The zero-order valence-corrected chi connectivity index (χ0v) is 20.4. The largest absolute Gasteiger partial charge is 0.495 e. The Labute approximate surface area is 204 Å². The van der Waals surface area contributed by atoms with Crippen molar-refractivity contribution in [2.45, 2.75) is 12.8 Å². The summed E-state index contributed by atoms with van der Waals surface area (Å²) in [5.74, 6) is 2.55. The molecule has 1 aliphatic carbocycles. The van der Waals surface area contributed by atoms with Gasteiger partial charge in [-0.3, -0.25) is 0 Å². The Morgan fingerprint density at radius 1 is 0.971 bits per heavy atom. The fraction of sp³-hybridized carbons (Fsp3) is 0.333. The first-order chi connectivity index (χ1) is 17.2. The third-order valence-electron chi connectivity index (χ3n) is 7.34. The van der Waals surface area contributed by atoms with Gasteiger partial charge < -0.3 is 19.3 Å². The molecule has 1 fully saturated rings. The number of fused-ring (bicyclic) bond motifs is 3. The number of hydrogen-bond donors (Lipinski definition) is 0.